The zero-order chi connectivity index (χ0) is 17.8. The van der Waals surface area contributed by atoms with Crippen molar-refractivity contribution in [1.29, 1.82) is 0 Å². The van der Waals surface area contributed by atoms with E-state index in [1.165, 1.54) is 0 Å². The lowest BCUT2D eigenvalue weighted by molar-refractivity contribution is -0.116. The first-order chi connectivity index (χ1) is 12.1. The molecular weight excluding hydrogens is 320 g/mol. The van der Waals surface area contributed by atoms with Gasteiger partial charge in [-0.3, -0.25) is 9.59 Å². The highest BCUT2D eigenvalue weighted by molar-refractivity contribution is 5.98. The summed E-state index contributed by atoms with van der Waals surface area (Å²) in [5.41, 5.74) is 2.44. The number of rotatable bonds is 3. The average Bonchev–Trinajstić information content (AvgIpc) is 2.65. The van der Waals surface area contributed by atoms with E-state index in [0.29, 0.717) is 51.1 Å². The number of fused-ring (bicyclic) bond motifs is 1. The highest BCUT2D eigenvalue weighted by Gasteiger charge is 2.25. The zero-order valence-corrected chi connectivity index (χ0v) is 14.5. The summed E-state index contributed by atoms with van der Waals surface area (Å²) in [6.45, 7) is 4.84. The first kappa shape index (κ1) is 17.3. The number of piperazine rings is 1. The van der Waals surface area contributed by atoms with Crippen LogP contribution in [0.15, 0.2) is 18.2 Å². The third-order valence-electron chi connectivity index (χ3n) is 4.63. The van der Waals surface area contributed by atoms with Crippen molar-refractivity contribution in [3.05, 3.63) is 29.3 Å². The molecule has 2 aliphatic heterocycles. The molecular formula is C18H24N4O3. The standard InChI is InChI=1S/C18H24N4O3/c1-2-7-19-18(25)22-10-8-21(9-11-22)17(24)14-3-5-15-13(12-14)4-6-16(23)20-15/h3,5,12H,2,4,6-11H2,1H3,(H,19,25)(H,20,23). The number of anilines is 1. The van der Waals surface area contributed by atoms with E-state index in [1.807, 2.05) is 13.0 Å². The quantitative estimate of drug-likeness (QED) is 0.871. The number of urea groups is 1. The van der Waals surface area contributed by atoms with Crippen LogP contribution >= 0.6 is 0 Å². The van der Waals surface area contributed by atoms with Crippen LogP contribution in [-0.4, -0.2) is 60.4 Å². The first-order valence-electron chi connectivity index (χ1n) is 8.83. The molecule has 4 amide bonds. The predicted molar refractivity (Wildman–Crippen MR) is 94.6 cm³/mol. The number of nitrogens with zero attached hydrogens (tertiary/aromatic N) is 2. The molecule has 0 unspecified atom stereocenters. The molecule has 2 aliphatic rings. The molecule has 1 aromatic carbocycles. The summed E-state index contributed by atoms with van der Waals surface area (Å²) in [4.78, 5) is 39.6. The second-order valence-electron chi connectivity index (χ2n) is 6.43. The summed E-state index contributed by atoms with van der Waals surface area (Å²) in [5.74, 6) is -0.00244. The Morgan fingerprint density at radius 1 is 1.12 bits per heavy atom. The minimum absolute atomic E-state index is 0.0176. The molecule has 7 nitrogen and oxygen atoms in total. The van der Waals surface area contributed by atoms with E-state index in [9.17, 15) is 14.4 Å². The van der Waals surface area contributed by atoms with Gasteiger partial charge in [0.1, 0.15) is 0 Å². The van der Waals surface area contributed by atoms with Gasteiger partial charge in [-0.1, -0.05) is 6.92 Å². The van der Waals surface area contributed by atoms with Crippen LogP contribution in [0.25, 0.3) is 0 Å². The third-order valence-corrected chi connectivity index (χ3v) is 4.63. The van der Waals surface area contributed by atoms with Gasteiger partial charge in [0.15, 0.2) is 0 Å². The van der Waals surface area contributed by atoms with Gasteiger partial charge in [0.2, 0.25) is 5.91 Å². The van der Waals surface area contributed by atoms with Gasteiger partial charge in [-0.05, 0) is 36.6 Å². The molecule has 2 N–H and O–H groups in total. The first-order valence-corrected chi connectivity index (χ1v) is 8.83. The lowest BCUT2D eigenvalue weighted by Crippen LogP contribution is -2.53. The van der Waals surface area contributed by atoms with E-state index in [0.717, 1.165) is 17.7 Å². The average molecular weight is 344 g/mol. The van der Waals surface area contributed by atoms with Crippen LogP contribution in [-0.2, 0) is 11.2 Å². The van der Waals surface area contributed by atoms with E-state index in [2.05, 4.69) is 10.6 Å². The number of amides is 4. The number of aryl methyl sites for hydroxylation is 1. The lowest BCUT2D eigenvalue weighted by atomic mass is 10.00. The van der Waals surface area contributed by atoms with Crippen molar-refractivity contribution in [3.63, 3.8) is 0 Å². The van der Waals surface area contributed by atoms with Gasteiger partial charge < -0.3 is 20.4 Å². The molecule has 0 aliphatic carbocycles. The Bertz CT molecular complexity index is 681. The number of carbonyl (C=O) groups is 3. The molecule has 2 heterocycles. The molecule has 0 atom stereocenters. The van der Waals surface area contributed by atoms with Gasteiger partial charge in [0.05, 0.1) is 0 Å². The zero-order valence-electron chi connectivity index (χ0n) is 14.5. The molecule has 0 saturated carbocycles. The molecule has 0 spiro atoms. The molecule has 134 valence electrons. The maximum Gasteiger partial charge on any atom is 0.317 e. The Balaban J connectivity index is 1.59. The van der Waals surface area contributed by atoms with Gasteiger partial charge in [0, 0.05) is 50.4 Å². The Kier molecular flexibility index (Phi) is 5.21. The fourth-order valence-corrected chi connectivity index (χ4v) is 3.16. The fraction of sp³-hybridized carbons (Fsp3) is 0.500. The molecule has 3 rings (SSSR count). The second-order valence-corrected chi connectivity index (χ2v) is 6.43. The second kappa shape index (κ2) is 7.55. The van der Waals surface area contributed by atoms with Crippen molar-refractivity contribution in [2.45, 2.75) is 26.2 Å². The van der Waals surface area contributed by atoms with Crippen LogP contribution in [0, 0.1) is 0 Å². The fourth-order valence-electron chi connectivity index (χ4n) is 3.16. The monoisotopic (exact) mass is 344 g/mol. The van der Waals surface area contributed by atoms with Crippen LogP contribution < -0.4 is 10.6 Å². The van der Waals surface area contributed by atoms with Crippen LogP contribution in [0.4, 0.5) is 10.5 Å². The topological polar surface area (TPSA) is 81.8 Å². The van der Waals surface area contributed by atoms with Crippen molar-refractivity contribution in [1.82, 2.24) is 15.1 Å². The minimum atomic E-state index is -0.0570. The third kappa shape index (κ3) is 3.92. The summed E-state index contributed by atoms with van der Waals surface area (Å²) in [6, 6.07) is 5.37. The molecule has 7 heteroatoms. The molecule has 1 fully saturated rings. The van der Waals surface area contributed by atoms with Crippen molar-refractivity contribution >= 4 is 23.5 Å². The van der Waals surface area contributed by atoms with E-state index < -0.39 is 0 Å². The van der Waals surface area contributed by atoms with Crippen molar-refractivity contribution in [2.75, 3.05) is 38.0 Å². The normalized spacial score (nSPS) is 16.9. The van der Waals surface area contributed by atoms with Crippen molar-refractivity contribution in [2.24, 2.45) is 0 Å². The number of carbonyl (C=O) groups excluding carboxylic acids is 3. The summed E-state index contributed by atoms with van der Waals surface area (Å²) in [6.07, 6.45) is 2.02. The van der Waals surface area contributed by atoms with E-state index in [4.69, 9.17) is 0 Å². The van der Waals surface area contributed by atoms with Crippen molar-refractivity contribution < 1.29 is 14.4 Å². The largest absolute Gasteiger partial charge is 0.338 e. The highest BCUT2D eigenvalue weighted by atomic mass is 16.2. The minimum Gasteiger partial charge on any atom is -0.338 e. The van der Waals surface area contributed by atoms with Crippen LogP contribution in [0.2, 0.25) is 0 Å². The molecule has 1 saturated heterocycles. The summed E-state index contributed by atoms with van der Waals surface area (Å²) in [5, 5.41) is 5.69. The van der Waals surface area contributed by atoms with Crippen LogP contribution in [0.1, 0.15) is 35.7 Å². The molecule has 0 bridgehead atoms. The Labute approximate surface area is 147 Å². The van der Waals surface area contributed by atoms with E-state index in [-0.39, 0.29) is 17.8 Å². The van der Waals surface area contributed by atoms with E-state index in [1.54, 1.807) is 21.9 Å². The Morgan fingerprint density at radius 2 is 1.84 bits per heavy atom. The van der Waals surface area contributed by atoms with Crippen molar-refractivity contribution in [3.8, 4) is 0 Å². The van der Waals surface area contributed by atoms with Gasteiger partial charge in [-0.25, -0.2) is 4.79 Å². The number of hydrogen-bond donors (Lipinski definition) is 2. The number of benzene rings is 1. The summed E-state index contributed by atoms with van der Waals surface area (Å²) < 4.78 is 0. The number of hydrogen-bond acceptors (Lipinski definition) is 3. The molecule has 1 aromatic rings. The Morgan fingerprint density at radius 3 is 2.56 bits per heavy atom. The molecule has 25 heavy (non-hydrogen) atoms. The molecule has 0 radical (unpaired) electrons. The SMILES string of the molecule is CCCNC(=O)N1CCN(C(=O)c2ccc3c(c2)CCC(=O)N3)CC1. The van der Waals surface area contributed by atoms with Crippen LogP contribution in [0.5, 0.6) is 0 Å². The summed E-state index contributed by atoms with van der Waals surface area (Å²) in [7, 11) is 0. The van der Waals surface area contributed by atoms with Gasteiger partial charge >= 0.3 is 6.03 Å². The van der Waals surface area contributed by atoms with Gasteiger partial charge in [0.25, 0.3) is 5.91 Å². The van der Waals surface area contributed by atoms with Gasteiger partial charge in [-0.15, -0.1) is 0 Å². The molecule has 0 aromatic heterocycles. The predicted octanol–water partition coefficient (Wildman–Crippen LogP) is 1.45. The maximum atomic E-state index is 12.7. The van der Waals surface area contributed by atoms with E-state index >= 15 is 0 Å². The lowest BCUT2D eigenvalue weighted by Gasteiger charge is -2.35. The van der Waals surface area contributed by atoms with Crippen LogP contribution in [0.3, 0.4) is 0 Å². The smallest absolute Gasteiger partial charge is 0.317 e. The summed E-state index contributed by atoms with van der Waals surface area (Å²) >= 11 is 0. The number of nitrogens with one attached hydrogen (secondary N) is 2. The van der Waals surface area contributed by atoms with Gasteiger partial charge in [-0.2, -0.15) is 0 Å². The Hall–Kier alpha value is -2.57. The highest BCUT2D eigenvalue weighted by Crippen LogP contribution is 2.24. The maximum absolute atomic E-state index is 12.7.